The smallest absolute Gasteiger partial charge is 0.180 e. The maximum atomic E-state index is 6.48. The summed E-state index contributed by atoms with van der Waals surface area (Å²) in [5, 5.41) is 5.00. The molecule has 3 rings (SSSR count). The molecular formula is C23H22Cl3NO2. The van der Waals surface area contributed by atoms with Gasteiger partial charge >= 0.3 is 0 Å². The van der Waals surface area contributed by atoms with Gasteiger partial charge in [-0.2, -0.15) is 0 Å². The molecule has 0 spiro atoms. The number of ether oxygens (including phenoxy) is 2. The summed E-state index contributed by atoms with van der Waals surface area (Å²) < 4.78 is 11.4. The van der Waals surface area contributed by atoms with Crippen LogP contribution in [0.3, 0.4) is 0 Å². The van der Waals surface area contributed by atoms with Gasteiger partial charge in [-0.15, -0.1) is 0 Å². The lowest BCUT2D eigenvalue weighted by Crippen LogP contribution is -2.03. The summed E-state index contributed by atoms with van der Waals surface area (Å²) in [6, 6.07) is 17.5. The number of hydrogen-bond acceptors (Lipinski definition) is 3. The summed E-state index contributed by atoms with van der Waals surface area (Å²) in [6.07, 6.45) is 1.02. The quantitative estimate of drug-likeness (QED) is 0.387. The molecule has 1 N–H and O–H groups in total. The van der Waals surface area contributed by atoms with Crippen molar-refractivity contribution in [2.75, 3.05) is 12.4 Å². The lowest BCUT2D eigenvalue weighted by atomic mass is 10.1. The molecule has 0 heterocycles. The van der Waals surface area contributed by atoms with Crippen molar-refractivity contribution in [1.29, 1.82) is 0 Å². The molecule has 0 amide bonds. The van der Waals surface area contributed by atoms with Crippen LogP contribution in [0.5, 0.6) is 11.5 Å². The number of halogens is 3. The van der Waals surface area contributed by atoms with Crippen molar-refractivity contribution in [3.63, 3.8) is 0 Å². The van der Waals surface area contributed by atoms with E-state index in [1.165, 1.54) is 5.56 Å². The molecule has 0 aliphatic rings. The second-order valence-corrected chi connectivity index (χ2v) is 7.79. The number of aryl methyl sites for hydroxylation is 1. The highest BCUT2D eigenvalue weighted by molar-refractivity contribution is 6.35. The van der Waals surface area contributed by atoms with Gasteiger partial charge in [-0.05, 0) is 53.9 Å². The van der Waals surface area contributed by atoms with Crippen molar-refractivity contribution in [2.45, 2.75) is 26.5 Å². The van der Waals surface area contributed by atoms with E-state index in [9.17, 15) is 0 Å². The van der Waals surface area contributed by atoms with Gasteiger partial charge in [0.05, 0.1) is 12.1 Å². The van der Waals surface area contributed by atoms with Gasteiger partial charge < -0.3 is 14.8 Å². The Hall–Kier alpha value is -2.07. The number of methoxy groups -OCH3 is 1. The Morgan fingerprint density at radius 1 is 0.862 bits per heavy atom. The fourth-order valence-corrected chi connectivity index (χ4v) is 3.62. The Bertz CT molecular complexity index is 975. The molecular weight excluding hydrogens is 429 g/mol. The Balaban J connectivity index is 1.70. The zero-order valence-electron chi connectivity index (χ0n) is 16.3. The molecule has 6 heteroatoms. The molecule has 3 nitrogen and oxygen atoms in total. The Morgan fingerprint density at radius 3 is 2.28 bits per heavy atom. The van der Waals surface area contributed by atoms with Gasteiger partial charge in [-0.3, -0.25) is 0 Å². The van der Waals surface area contributed by atoms with Gasteiger partial charge in [0.1, 0.15) is 6.61 Å². The topological polar surface area (TPSA) is 30.5 Å². The number of nitrogens with one attached hydrogen (secondary N) is 1. The first-order chi connectivity index (χ1) is 14.0. The van der Waals surface area contributed by atoms with Crippen molar-refractivity contribution in [2.24, 2.45) is 0 Å². The van der Waals surface area contributed by atoms with Crippen LogP contribution in [0.1, 0.15) is 23.6 Å². The third-order valence-corrected chi connectivity index (χ3v) is 5.40. The molecule has 0 unspecified atom stereocenters. The molecule has 152 valence electrons. The van der Waals surface area contributed by atoms with E-state index in [-0.39, 0.29) is 6.61 Å². The largest absolute Gasteiger partial charge is 0.493 e. The predicted octanol–water partition coefficient (Wildman–Crippen LogP) is 7.41. The first-order valence-electron chi connectivity index (χ1n) is 9.26. The Morgan fingerprint density at radius 2 is 1.62 bits per heavy atom. The van der Waals surface area contributed by atoms with E-state index in [1.807, 2.05) is 18.2 Å². The van der Waals surface area contributed by atoms with Crippen molar-refractivity contribution >= 4 is 40.5 Å². The Kier molecular flexibility index (Phi) is 7.54. The van der Waals surface area contributed by atoms with Crippen LogP contribution in [0.15, 0.2) is 54.6 Å². The molecule has 0 bridgehead atoms. The summed E-state index contributed by atoms with van der Waals surface area (Å²) in [6.45, 7) is 3.01. The zero-order chi connectivity index (χ0) is 20.8. The number of hydrogen-bond donors (Lipinski definition) is 1. The van der Waals surface area contributed by atoms with Crippen molar-refractivity contribution < 1.29 is 9.47 Å². The molecule has 0 atom stereocenters. The van der Waals surface area contributed by atoms with Gasteiger partial charge in [-0.1, -0.05) is 59.9 Å². The minimum Gasteiger partial charge on any atom is -0.493 e. The van der Waals surface area contributed by atoms with Crippen molar-refractivity contribution in [1.82, 2.24) is 0 Å². The summed E-state index contributed by atoms with van der Waals surface area (Å²) in [5.74, 6) is 1.05. The molecule has 0 saturated heterocycles. The van der Waals surface area contributed by atoms with Crippen molar-refractivity contribution in [3.05, 3.63) is 86.4 Å². The second-order valence-electron chi connectivity index (χ2n) is 6.54. The molecule has 0 aromatic heterocycles. The first kappa shape index (κ1) is 21.6. The average Bonchev–Trinajstić information content (AvgIpc) is 2.72. The van der Waals surface area contributed by atoms with E-state index in [0.717, 1.165) is 23.2 Å². The maximum absolute atomic E-state index is 6.48. The third kappa shape index (κ3) is 5.72. The molecule has 29 heavy (non-hydrogen) atoms. The molecule has 3 aromatic carbocycles. The third-order valence-electron chi connectivity index (χ3n) is 4.54. The SMILES string of the molecule is CCc1ccc(NCc2cc(Cl)c(OCc3ccc(Cl)cc3Cl)c(OC)c2)cc1. The average molecular weight is 451 g/mol. The molecule has 0 saturated carbocycles. The van der Waals surface area contributed by atoms with Crippen molar-refractivity contribution in [3.8, 4) is 11.5 Å². The minimum absolute atomic E-state index is 0.257. The zero-order valence-corrected chi connectivity index (χ0v) is 18.5. The van der Waals surface area contributed by atoms with E-state index in [1.54, 1.807) is 19.2 Å². The normalized spacial score (nSPS) is 10.7. The Labute approximate surface area is 186 Å². The van der Waals surface area contributed by atoms with Crippen LogP contribution in [0, 0.1) is 0 Å². The van der Waals surface area contributed by atoms with Gasteiger partial charge in [0.15, 0.2) is 11.5 Å². The van der Waals surface area contributed by atoms with Crippen LogP contribution in [0.2, 0.25) is 15.1 Å². The van der Waals surface area contributed by atoms with Gasteiger partial charge in [0, 0.05) is 27.8 Å². The van der Waals surface area contributed by atoms with E-state index in [0.29, 0.717) is 33.1 Å². The number of rotatable bonds is 8. The highest BCUT2D eigenvalue weighted by Crippen LogP contribution is 2.37. The monoisotopic (exact) mass is 449 g/mol. The van der Waals surface area contributed by atoms with E-state index < -0.39 is 0 Å². The molecule has 0 aliphatic heterocycles. The number of benzene rings is 3. The van der Waals surface area contributed by atoms with E-state index in [2.05, 4.69) is 36.5 Å². The molecule has 0 aliphatic carbocycles. The highest BCUT2D eigenvalue weighted by atomic mass is 35.5. The predicted molar refractivity (Wildman–Crippen MR) is 122 cm³/mol. The van der Waals surface area contributed by atoms with E-state index >= 15 is 0 Å². The molecule has 0 fully saturated rings. The summed E-state index contributed by atoms with van der Waals surface area (Å²) >= 11 is 18.6. The van der Waals surface area contributed by atoms with E-state index in [4.69, 9.17) is 44.3 Å². The number of anilines is 1. The van der Waals surface area contributed by atoms with Gasteiger partial charge in [-0.25, -0.2) is 0 Å². The minimum atomic E-state index is 0.257. The summed E-state index contributed by atoms with van der Waals surface area (Å²) in [7, 11) is 1.59. The van der Waals surface area contributed by atoms with Crippen LogP contribution in [0.25, 0.3) is 0 Å². The summed E-state index contributed by atoms with van der Waals surface area (Å²) in [4.78, 5) is 0. The van der Waals surface area contributed by atoms with Gasteiger partial charge in [0.2, 0.25) is 0 Å². The first-order valence-corrected chi connectivity index (χ1v) is 10.4. The van der Waals surface area contributed by atoms with Crippen LogP contribution in [0.4, 0.5) is 5.69 Å². The fourth-order valence-electron chi connectivity index (χ4n) is 2.87. The molecule has 3 aromatic rings. The summed E-state index contributed by atoms with van der Waals surface area (Å²) in [5.41, 5.74) is 4.16. The highest BCUT2D eigenvalue weighted by Gasteiger charge is 2.13. The second kappa shape index (κ2) is 10.1. The fraction of sp³-hybridized carbons (Fsp3) is 0.217. The van der Waals surface area contributed by atoms with Crippen LogP contribution in [-0.2, 0) is 19.6 Å². The standard InChI is InChI=1S/C23H22Cl3NO2/c1-3-15-4-8-19(9-5-15)27-13-16-10-21(26)23(22(11-16)28-2)29-14-17-6-7-18(24)12-20(17)25/h4-12,27H,3,13-14H2,1-2H3. The van der Waals surface area contributed by atoms with Crippen LogP contribution < -0.4 is 14.8 Å². The lowest BCUT2D eigenvalue weighted by molar-refractivity contribution is 0.284. The lowest BCUT2D eigenvalue weighted by Gasteiger charge is -2.15. The van der Waals surface area contributed by atoms with Crippen LogP contribution >= 0.6 is 34.8 Å². The van der Waals surface area contributed by atoms with Gasteiger partial charge in [0.25, 0.3) is 0 Å². The maximum Gasteiger partial charge on any atom is 0.180 e. The molecule has 0 radical (unpaired) electrons. The van der Waals surface area contributed by atoms with Crippen LogP contribution in [-0.4, -0.2) is 7.11 Å².